The minimum absolute atomic E-state index is 0.0562. The van der Waals surface area contributed by atoms with Crippen molar-refractivity contribution in [2.45, 2.75) is 18.9 Å². The standard InChI is InChI=1S/C24H28N4O3/c1-2-4-20(5-3-1)27-12-14-28(15-13-27)21-6-8-22(9-7-21)29-17-23-18-30-24(31-23)16-26-11-10-25-19-26/h1-11,19,23-24H,12-18H2. The number of hydrogen-bond acceptors (Lipinski definition) is 6. The van der Waals surface area contributed by atoms with E-state index in [0.717, 1.165) is 31.9 Å². The molecule has 5 rings (SSSR count). The van der Waals surface area contributed by atoms with Crippen LogP contribution in [-0.2, 0) is 16.0 Å². The number of aromatic nitrogens is 2. The number of piperazine rings is 1. The third kappa shape index (κ3) is 5.00. The lowest BCUT2D eigenvalue weighted by Crippen LogP contribution is -2.46. The van der Waals surface area contributed by atoms with Crippen LogP contribution in [0.15, 0.2) is 73.3 Å². The van der Waals surface area contributed by atoms with Gasteiger partial charge in [0.25, 0.3) is 0 Å². The van der Waals surface area contributed by atoms with E-state index in [2.05, 4.69) is 57.2 Å². The maximum absolute atomic E-state index is 5.94. The lowest BCUT2D eigenvalue weighted by atomic mass is 10.2. The Balaban J connectivity index is 1.07. The number of ether oxygens (including phenoxy) is 3. The second-order valence-electron chi connectivity index (χ2n) is 7.90. The first-order valence-electron chi connectivity index (χ1n) is 10.8. The van der Waals surface area contributed by atoms with E-state index >= 15 is 0 Å². The highest BCUT2D eigenvalue weighted by molar-refractivity contribution is 5.52. The van der Waals surface area contributed by atoms with Crippen LogP contribution >= 0.6 is 0 Å². The van der Waals surface area contributed by atoms with Crippen LogP contribution in [0.5, 0.6) is 5.75 Å². The fraction of sp³-hybridized carbons (Fsp3) is 0.375. The van der Waals surface area contributed by atoms with Gasteiger partial charge in [0.05, 0.1) is 19.5 Å². The molecule has 0 amide bonds. The van der Waals surface area contributed by atoms with Crippen LogP contribution in [-0.4, -0.2) is 61.3 Å². The first-order chi connectivity index (χ1) is 15.3. The summed E-state index contributed by atoms with van der Waals surface area (Å²) in [5.41, 5.74) is 2.54. The Bertz CT molecular complexity index is 925. The van der Waals surface area contributed by atoms with E-state index in [1.54, 1.807) is 12.5 Å². The average Bonchev–Trinajstić information content (AvgIpc) is 3.51. The van der Waals surface area contributed by atoms with Crippen molar-refractivity contribution >= 4 is 11.4 Å². The quantitative estimate of drug-likeness (QED) is 0.586. The maximum Gasteiger partial charge on any atom is 0.176 e. The number of hydrogen-bond donors (Lipinski definition) is 0. The molecule has 7 heteroatoms. The van der Waals surface area contributed by atoms with Crippen molar-refractivity contribution in [2.75, 3.05) is 49.2 Å². The van der Waals surface area contributed by atoms with Gasteiger partial charge >= 0.3 is 0 Å². The third-order valence-corrected chi connectivity index (χ3v) is 5.77. The topological polar surface area (TPSA) is 52.0 Å². The summed E-state index contributed by atoms with van der Waals surface area (Å²) in [6.45, 7) is 5.76. The Morgan fingerprint density at radius 3 is 2.29 bits per heavy atom. The van der Waals surface area contributed by atoms with Crippen molar-refractivity contribution in [1.82, 2.24) is 9.55 Å². The molecule has 2 aliphatic heterocycles. The predicted molar refractivity (Wildman–Crippen MR) is 120 cm³/mol. The molecule has 2 fully saturated rings. The van der Waals surface area contributed by atoms with Gasteiger partial charge in [-0.05, 0) is 36.4 Å². The smallest absolute Gasteiger partial charge is 0.176 e. The number of benzene rings is 2. The summed E-state index contributed by atoms with van der Waals surface area (Å²) in [6.07, 6.45) is 5.11. The second-order valence-corrected chi connectivity index (χ2v) is 7.90. The van der Waals surface area contributed by atoms with Gasteiger partial charge in [0, 0.05) is 49.9 Å². The Morgan fingerprint density at radius 1 is 0.903 bits per heavy atom. The molecule has 0 N–H and O–H groups in total. The van der Waals surface area contributed by atoms with Crippen molar-refractivity contribution in [2.24, 2.45) is 0 Å². The summed E-state index contributed by atoms with van der Waals surface area (Å²) in [5, 5.41) is 0. The van der Waals surface area contributed by atoms with E-state index in [4.69, 9.17) is 14.2 Å². The molecule has 2 saturated heterocycles. The van der Waals surface area contributed by atoms with Crippen molar-refractivity contribution < 1.29 is 14.2 Å². The van der Waals surface area contributed by atoms with Gasteiger partial charge in [-0.25, -0.2) is 4.98 Å². The Kier molecular flexibility index (Phi) is 6.04. The molecule has 2 aliphatic rings. The number of nitrogens with zero attached hydrogens (tertiary/aromatic N) is 4. The molecule has 3 heterocycles. The summed E-state index contributed by atoms with van der Waals surface area (Å²) in [7, 11) is 0. The van der Waals surface area contributed by atoms with Crippen LogP contribution < -0.4 is 14.5 Å². The maximum atomic E-state index is 5.94. The SMILES string of the molecule is c1ccc(N2CCN(c3ccc(OCC4COC(Cn5ccnc5)O4)cc3)CC2)cc1. The minimum atomic E-state index is -0.250. The molecule has 0 spiro atoms. The zero-order valence-corrected chi connectivity index (χ0v) is 17.5. The summed E-state index contributed by atoms with van der Waals surface area (Å²) in [5.74, 6) is 0.855. The van der Waals surface area contributed by atoms with Crippen molar-refractivity contribution in [3.05, 3.63) is 73.3 Å². The highest BCUT2D eigenvalue weighted by Crippen LogP contribution is 2.23. The van der Waals surface area contributed by atoms with E-state index < -0.39 is 0 Å². The van der Waals surface area contributed by atoms with Gasteiger partial charge in [0.15, 0.2) is 6.29 Å². The summed E-state index contributed by atoms with van der Waals surface area (Å²) >= 11 is 0. The number of para-hydroxylation sites is 1. The number of rotatable bonds is 7. The zero-order chi connectivity index (χ0) is 20.9. The molecule has 2 aromatic carbocycles. The molecule has 0 aliphatic carbocycles. The first-order valence-corrected chi connectivity index (χ1v) is 10.8. The van der Waals surface area contributed by atoms with E-state index in [1.807, 2.05) is 22.9 Å². The van der Waals surface area contributed by atoms with Gasteiger partial charge in [-0.15, -0.1) is 0 Å². The van der Waals surface area contributed by atoms with Gasteiger partial charge in [-0.3, -0.25) is 0 Å². The second kappa shape index (κ2) is 9.41. The van der Waals surface area contributed by atoms with Gasteiger partial charge in [-0.2, -0.15) is 0 Å². The van der Waals surface area contributed by atoms with E-state index in [-0.39, 0.29) is 12.4 Å². The van der Waals surface area contributed by atoms with Crippen molar-refractivity contribution in [3.8, 4) is 5.75 Å². The lowest BCUT2D eigenvalue weighted by molar-refractivity contribution is -0.0726. The highest BCUT2D eigenvalue weighted by Gasteiger charge is 2.26. The van der Waals surface area contributed by atoms with Crippen LogP contribution in [0.1, 0.15) is 0 Å². The normalized spacial score (nSPS) is 21.4. The highest BCUT2D eigenvalue weighted by atomic mass is 16.7. The molecule has 31 heavy (non-hydrogen) atoms. The lowest BCUT2D eigenvalue weighted by Gasteiger charge is -2.37. The van der Waals surface area contributed by atoms with Crippen LogP contribution in [0, 0.1) is 0 Å². The summed E-state index contributed by atoms with van der Waals surface area (Å²) in [6, 6.07) is 19.0. The van der Waals surface area contributed by atoms with E-state index in [1.165, 1.54) is 11.4 Å². The molecule has 7 nitrogen and oxygen atoms in total. The summed E-state index contributed by atoms with van der Waals surface area (Å²) < 4.78 is 19.5. The molecular formula is C24H28N4O3. The average molecular weight is 421 g/mol. The molecule has 2 unspecified atom stereocenters. The molecule has 0 saturated carbocycles. The first kappa shape index (κ1) is 19.9. The largest absolute Gasteiger partial charge is 0.491 e. The zero-order valence-electron chi connectivity index (χ0n) is 17.5. The fourth-order valence-corrected chi connectivity index (χ4v) is 4.06. The molecule has 3 aromatic rings. The Morgan fingerprint density at radius 2 is 1.61 bits per heavy atom. The molecular weight excluding hydrogens is 392 g/mol. The van der Waals surface area contributed by atoms with E-state index in [0.29, 0.717) is 19.8 Å². The van der Waals surface area contributed by atoms with Gasteiger partial charge < -0.3 is 28.6 Å². The predicted octanol–water partition coefficient (Wildman–Crippen LogP) is 3.03. The molecule has 162 valence electrons. The number of anilines is 2. The summed E-state index contributed by atoms with van der Waals surface area (Å²) in [4.78, 5) is 8.91. The van der Waals surface area contributed by atoms with Crippen molar-refractivity contribution in [1.29, 1.82) is 0 Å². The Labute approximate surface area is 182 Å². The Hall–Kier alpha value is -3.03. The van der Waals surface area contributed by atoms with Gasteiger partial charge in [0.2, 0.25) is 0 Å². The van der Waals surface area contributed by atoms with Crippen molar-refractivity contribution in [3.63, 3.8) is 0 Å². The number of imidazole rings is 1. The molecule has 0 radical (unpaired) electrons. The fourth-order valence-electron chi connectivity index (χ4n) is 4.06. The van der Waals surface area contributed by atoms with Crippen LogP contribution in [0.2, 0.25) is 0 Å². The van der Waals surface area contributed by atoms with E-state index in [9.17, 15) is 0 Å². The van der Waals surface area contributed by atoms with Crippen LogP contribution in [0.3, 0.4) is 0 Å². The van der Waals surface area contributed by atoms with Crippen LogP contribution in [0.25, 0.3) is 0 Å². The molecule has 2 atom stereocenters. The monoisotopic (exact) mass is 420 g/mol. The molecule has 0 bridgehead atoms. The van der Waals surface area contributed by atoms with Gasteiger partial charge in [-0.1, -0.05) is 18.2 Å². The molecule has 1 aromatic heterocycles. The third-order valence-electron chi connectivity index (χ3n) is 5.77. The minimum Gasteiger partial charge on any atom is -0.491 e. The van der Waals surface area contributed by atoms with Crippen LogP contribution in [0.4, 0.5) is 11.4 Å². The van der Waals surface area contributed by atoms with Gasteiger partial charge in [0.1, 0.15) is 18.5 Å².